The molecule has 32 heavy (non-hydrogen) atoms. The molecule has 2 heterocycles. The van der Waals surface area contributed by atoms with Crippen LogP contribution < -0.4 is 5.32 Å². The molecule has 1 N–H and O–H groups in total. The highest BCUT2D eigenvalue weighted by molar-refractivity contribution is 9.10. The van der Waals surface area contributed by atoms with Crippen LogP contribution in [-0.2, 0) is 0 Å². The van der Waals surface area contributed by atoms with Crippen molar-refractivity contribution in [2.24, 2.45) is 0 Å². The maximum atomic E-state index is 12.7. The first-order valence-corrected chi connectivity index (χ1v) is 11.5. The molecule has 1 amide bonds. The van der Waals surface area contributed by atoms with Crippen LogP contribution >= 0.6 is 43.5 Å². The molecular weight excluding hydrogens is 560 g/mol. The van der Waals surface area contributed by atoms with Crippen molar-refractivity contribution in [2.45, 2.75) is 0 Å². The number of halogens is 3. The van der Waals surface area contributed by atoms with E-state index >= 15 is 0 Å². The highest BCUT2D eigenvalue weighted by atomic mass is 79.9. The summed E-state index contributed by atoms with van der Waals surface area (Å²) in [6.45, 7) is 0. The van der Waals surface area contributed by atoms with E-state index in [0.29, 0.717) is 39.0 Å². The second kappa shape index (κ2) is 8.58. The highest BCUT2D eigenvalue weighted by Gasteiger charge is 2.15. The molecule has 5 rings (SSSR count). The maximum absolute atomic E-state index is 12.7. The summed E-state index contributed by atoms with van der Waals surface area (Å²) in [5, 5.41) is 3.37. The number of furan rings is 1. The average Bonchev–Trinajstić information content (AvgIpc) is 3.43. The predicted molar refractivity (Wildman–Crippen MR) is 132 cm³/mol. The van der Waals surface area contributed by atoms with E-state index in [2.05, 4.69) is 42.2 Å². The zero-order valence-corrected chi connectivity index (χ0v) is 20.2. The van der Waals surface area contributed by atoms with E-state index in [1.54, 1.807) is 36.4 Å². The summed E-state index contributed by atoms with van der Waals surface area (Å²) in [6, 6.07) is 21.8. The van der Waals surface area contributed by atoms with Gasteiger partial charge in [0.05, 0.1) is 10.6 Å². The first-order chi connectivity index (χ1) is 15.5. The van der Waals surface area contributed by atoms with Crippen molar-refractivity contribution in [2.75, 3.05) is 5.32 Å². The van der Waals surface area contributed by atoms with E-state index in [9.17, 15) is 4.79 Å². The summed E-state index contributed by atoms with van der Waals surface area (Å²) in [5.74, 6) is 0.876. The topological polar surface area (TPSA) is 68.3 Å². The molecular formula is C24H13Br2ClN2O3. The standard InChI is InChI=1S/C24H13Br2ClN2O3/c25-14-3-1-13(2-4-14)20-9-10-22(31-20)23(30)28-16-6-8-21-19(12-16)29-24(32-21)17-11-15(26)5-7-18(17)27/h1-12H,(H,28,30). The number of oxazole rings is 1. The molecule has 0 aliphatic carbocycles. The van der Waals surface area contributed by atoms with E-state index in [-0.39, 0.29) is 11.7 Å². The zero-order chi connectivity index (χ0) is 22.2. The van der Waals surface area contributed by atoms with Crippen LogP contribution in [0.2, 0.25) is 5.02 Å². The minimum absolute atomic E-state index is 0.213. The van der Waals surface area contributed by atoms with Gasteiger partial charge >= 0.3 is 0 Å². The fourth-order valence-corrected chi connectivity index (χ4v) is 4.03. The lowest BCUT2D eigenvalue weighted by molar-refractivity contribution is 0.0997. The average molecular weight is 573 g/mol. The first kappa shape index (κ1) is 21.0. The van der Waals surface area contributed by atoms with Crippen LogP contribution in [0.5, 0.6) is 0 Å². The third-order valence-electron chi connectivity index (χ3n) is 4.76. The Labute approximate surface area is 204 Å². The van der Waals surface area contributed by atoms with Crippen LogP contribution in [0.15, 0.2) is 90.6 Å². The highest BCUT2D eigenvalue weighted by Crippen LogP contribution is 2.33. The number of carbonyl (C=O) groups excluding carboxylic acids is 1. The van der Waals surface area contributed by atoms with Crippen molar-refractivity contribution in [3.8, 4) is 22.8 Å². The second-order valence-electron chi connectivity index (χ2n) is 6.95. The Morgan fingerprint density at radius 2 is 1.66 bits per heavy atom. The Bertz CT molecular complexity index is 1460. The number of rotatable bonds is 4. The second-order valence-corrected chi connectivity index (χ2v) is 9.19. The molecule has 158 valence electrons. The molecule has 0 atom stereocenters. The van der Waals surface area contributed by atoms with Crippen molar-refractivity contribution in [1.82, 2.24) is 4.98 Å². The quantitative estimate of drug-likeness (QED) is 0.236. The molecule has 0 saturated heterocycles. The molecule has 2 aromatic heterocycles. The smallest absolute Gasteiger partial charge is 0.291 e. The predicted octanol–water partition coefficient (Wildman–Crippen LogP) is 8.19. The minimum Gasteiger partial charge on any atom is -0.451 e. The number of hydrogen-bond acceptors (Lipinski definition) is 4. The van der Waals surface area contributed by atoms with Crippen molar-refractivity contribution < 1.29 is 13.6 Å². The molecule has 0 spiro atoms. The Morgan fingerprint density at radius 3 is 2.47 bits per heavy atom. The van der Waals surface area contributed by atoms with Crippen LogP contribution in [0.25, 0.3) is 33.9 Å². The summed E-state index contributed by atoms with van der Waals surface area (Å²) < 4.78 is 13.4. The number of aromatic nitrogens is 1. The van der Waals surface area contributed by atoms with Crippen molar-refractivity contribution >= 4 is 66.2 Å². The summed E-state index contributed by atoms with van der Waals surface area (Å²) in [7, 11) is 0. The van der Waals surface area contributed by atoms with Crippen molar-refractivity contribution in [1.29, 1.82) is 0 Å². The van der Waals surface area contributed by atoms with E-state index in [1.807, 2.05) is 36.4 Å². The van der Waals surface area contributed by atoms with Gasteiger partial charge in [0.1, 0.15) is 11.3 Å². The maximum Gasteiger partial charge on any atom is 0.291 e. The normalized spacial score (nSPS) is 11.1. The van der Waals surface area contributed by atoms with Gasteiger partial charge in [0.15, 0.2) is 11.3 Å². The van der Waals surface area contributed by atoms with Crippen molar-refractivity contribution in [3.05, 3.63) is 92.5 Å². The molecule has 0 saturated carbocycles. The number of nitrogens with one attached hydrogen (secondary N) is 1. The van der Waals surface area contributed by atoms with Gasteiger partial charge in [-0.2, -0.15) is 0 Å². The molecule has 0 aliphatic rings. The molecule has 0 aliphatic heterocycles. The number of hydrogen-bond donors (Lipinski definition) is 1. The van der Waals surface area contributed by atoms with Gasteiger partial charge in [-0.3, -0.25) is 4.79 Å². The summed E-state index contributed by atoms with van der Waals surface area (Å²) in [6.07, 6.45) is 0. The Kier molecular flexibility index (Phi) is 5.63. The van der Waals surface area contributed by atoms with Gasteiger partial charge in [-0.05, 0) is 60.7 Å². The fraction of sp³-hybridized carbons (Fsp3) is 0. The molecule has 0 bridgehead atoms. The number of carbonyl (C=O) groups is 1. The number of anilines is 1. The van der Waals surface area contributed by atoms with E-state index in [1.165, 1.54) is 0 Å². The molecule has 5 nitrogen and oxygen atoms in total. The Hall–Kier alpha value is -2.87. The molecule has 0 unspecified atom stereocenters. The summed E-state index contributed by atoms with van der Waals surface area (Å²) in [5.41, 5.74) is 3.33. The van der Waals surface area contributed by atoms with E-state index in [0.717, 1.165) is 14.5 Å². The monoisotopic (exact) mass is 570 g/mol. The van der Waals surface area contributed by atoms with E-state index in [4.69, 9.17) is 20.4 Å². The van der Waals surface area contributed by atoms with Gasteiger partial charge in [0, 0.05) is 20.2 Å². The number of nitrogens with zero attached hydrogens (tertiary/aromatic N) is 1. The van der Waals surface area contributed by atoms with Gasteiger partial charge in [0.2, 0.25) is 5.89 Å². The zero-order valence-electron chi connectivity index (χ0n) is 16.2. The summed E-state index contributed by atoms with van der Waals surface area (Å²) in [4.78, 5) is 17.2. The van der Waals surface area contributed by atoms with Crippen LogP contribution in [0.4, 0.5) is 5.69 Å². The van der Waals surface area contributed by atoms with Crippen molar-refractivity contribution in [3.63, 3.8) is 0 Å². The lowest BCUT2D eigenvalue weighted by atomic mass is 10.2. The molecule has 0 fully saturated rings. The number of benzene rings is 3. The summed E-state index contributed by atoms with van der Waals surface area (Å²) >= 11 is 13.1. The Balaban J connectivity index is 1.38. The SMILES string of the molecule is O=C(Nc1ccc2oc(-c3cc(Br)ccc3Cl)nc2c1)c1ccc(-c2ccc(Br)cc2)o1. The van der Waals surface area contributed by atoms with Gasteiger partial charge < -0.3 is 14.2 Å². The minimum atomic E-state index is -0.355. The number of amides is 1. The fourth-order valence-electron chi connectivity index (χ4n) is 3.20. The lowest BCUT2D eigenvalue weighted by Gasteiger charge is -2.03. The van der Waals surface area contributed by atoms with Crippen LogP contribution in [0.1, 0.15) is 10.6 Å². The van der Waals surface area contributed by atoms with Crippen LogP contribution in [0.3, 0.4) is 0 Å². The Morgan fingerprint density at radius 1 is 0.875 bits per heavy atom. The van der Waals surface area contributed by atoms with Gasteiger partial charge in [0.25, 0.3) is 5.91 Å². The van der Waals surface area contributed by atoms with Crippen LogP contribution in [-0.4, -0.2) is 10.9 Å². The third kappa shape index (κ3) is 4.24. The van der Waals surface area contributed by atoms with Gasteiger partial charge in [-0.1, -0.05) is 55.6 Å². The molecule has 8 heteroatoms. The molecule has 3 aromatic carbocycles. The number of fused-ring (bicyclic) bond motifs is 1. The molecule has 5 aromatic rings. The van der Waals surface area contributed by atoms with E-state index < -0.39 is 0 Å². The van der Waals surface area contributed by atoms with Gasteiger partial charge in [-0.15, -0.1) is 0 Å². The largest absolute Gasteiger partial charge is 0.451 e. The van der Waals surface area contributed by atoms with Crippen LogP contribution in [0, 0.1) is 0 Å². The lowest BCUT2D eigenvalue weighted by Crippen LogP contribution is -2.10. The first-order valence-electron chi connectivity index (χ1n) is 9.49. The molecule has 0 radical (unpaired) electrons. The third-order valence-corrected chi connectivity index (χ3v) is 6.11. The van der Waals surface area contributed by atoms with Gasteiger partial charge in [-0.25, -0.2) is 4.98 Å².